The zero-order chi connectivity index (χ0) is 22.8. The van der Waals surface area contributed by atoms with Gasteiger partial charge < -0.3 is 9.64 Å². The number of fused-ring (bicyclic) bond motifs is 1. The lowest BCUT2D eigenvalue weighted by Crippen LogP contribution is -2.45. The van der Waals surface area contributed by atoms with E-state index in [1.165, 1.54) is 23.1 Å². The van der Waals surface area contributed by atoms with Gasteiger partial charge in [0.2, 0.25) is 5.91 Å². The van der Waals surface area contributed by atoms with Crippen molar-refractivity contribution in [2.24, 2.45) is 0 Å². The maximum Gasteiger partial charge on any atom is 0.267 e. The topological polar surface area (TPSA) is 64.4 Å². The van der Waals surface area contributed by atoms with Crippen LogP contribution in [-0.2, 0) is 9.53 Å². The average Bonchev–Trinajstić information content (AvgIpc) is 3.28. The number of nitrogens with zero attached hydrogens (tertiary/aromatic N) is 3. The lowest BCUT2D eigenvalue weighted by Gasteiger charge is -2.31. The molecule has 1 atom stereocenters. The summed E-state index contributed by atoms with van der Waals surface area (Å²) >= 11 is 2.80. The third kappa shape index (κ3) is 4.59. The van der Waals surface area contributed by atoms with E-state index in [0.29, 0.717) is 35.1 Å². The molecule has 0 N–H and O–H groups in total. The van der Waals surface area contributed by atoms with Crippen molar-refractivity contribution in [2.45, 2.75) is 18.2 Å². The molecule has 5 rings (SSSR count). The average molecular weight is 478 g/mol. The van der Waals surface area contributed by atoms with Crippen molar-refractivity contribution >= 4 is 39.2 Å². The molecule has 1 fully saturated rings. The molecular weight excluding hydrogens is 454 g/mol. The predicted octanol–water partition coefficient (Wildman–Crippen LogP) is 4.45. The Morgan fingerprint density at radius 2 is 1.88 bits per heavy atom. The van der Waals surface area contributed by atoms with E-state index >= 15 is 0 Å². The van der Waals surface area contributed by atoms with Crippen LogP contribution in [0.5, 0.6) is 0 Å². The van der Waals surface area contributed by atoms with Crippen molar-refractivity contribution < 1.29 is 9.53 Å². The second kappa shape index (κ2) is 9.51. The summed E-state index contributed by atoms with van der Waals surface area (Å²) in [6.07, 6.45) is 0.0344. The Bertz CT molecular complexity index is 1340. The molecule has 0 radical (unpaired) electrons. The van der Waals surface area contributed by atoms with Gasteiger partial charge in [0.25, 0.3) is 5.56 Å². The van der Waals surface area contributed by atoms with Gasteiger partial charge in [-0.05, 0) is 30.7 Å². The maximum atomic E-state index is 13.6. The first-order valence-corrected chi connectivity index (χ1v) is 12.6. The van der Waals surface area contributed by atoms with Gasteiger partial charge in [0.05, 0.1) is 29.5 Å². The molecule has 1 aliphatic rings. The van der Waals surface area contributed by atoms with Gasteiger partial charge in [0.1, 0.15) is 4.83 Å². The number of hydrogen-bond acceptors (Lipinski definition) is 6. The predicted molar refractivity (Wildman–Crippen MR) is 133 cm³/mol. The molecule has 2 aromatic carbocycles. The smallest absolute Gasteiger partial charge is 0.267 e. The number of carbonyl (C=O) groups excluding carboxylic acids is 1. The third-order valence-electron chi connectivity index (χ3n) is 5.53. The van der Waals surface area contributed by atoms with Crippen molar-refractivity contribution in [3.05, 3.63) is 77.1 Å². The SMILES string of the molecule is CC1CN(C(=O)CSc2nc3sc(-c4ccccc4)cc3c(=O)n2-c2ccccc2)CCO1. The molecule has 168 valence electrons. The van der Waals surface area contributed by atoms with Gasteiger partial charge in [-0.25, -0.2) is 4.98 Å². The zero-order valence-electron chi connectivity index (χ0n) is 18.1. The van der Waals surface area contributed by atoms with Gasteiger partial charge in [0.15, 0.2) is 5.16 Å². The number of amides is 1. The van der Waals surface area contributed by atoms with Crippen molar-refractivity contribution in [1.29, 1.82) is 0 Å². The van der Waals surface area contributed by atoms with E-state index in [1.54, 1.807) is 4.57 Å². The van der Waals surface area contributed by atoms with E-state index in [9.17, 15) is 9.59 Å². The van der Waals surface area contributed by atoms with Gasteiger partial charge >= 0.3 is 0 Å². The molecule has 6 nitrogen and oxygen atoms in total. The molecule has 0 bridgehead atoms. The normalized spacial score (nSPS) is 16.3. The van der Waals surface area contributed by atoms with Crippen LogP contribution in [0.15, 0.2) is 76.7 Å². The molecule has 0 saturated carbocycles. The number of hydrogen-bond donors (Lipinski definition) is 0. The molecule has 1 unspecified atom stereocenters. The molecule has 3 heterocycles. The Morgan fingerprint density at radius 3 is 2.61 bits per heavy atom. The fourth-order valence-electron chi connectivity index (χ4n) is 3.87. The van der Waals surface area contributed by atoms with Crippen molar-refractivity contribution in [1.82, 2.24) is 14.5 Å². The number of thiophene rings is 1. The summed E-state index contributed by atoms with van der Waals surface area (Å²) in [4.78, 5) is 34.8. The Balaban J connectivity index is 1.53. The second-order valence-corrected chi connectivity index (χ2v) is 9.85. The molecule has 0 aliphatic carbocycles. The van der Waals surface area contributed by atoms with Gasteiger partial charge in [0, 0.05) is 18.0 Å². The number of ether oxygens (including phenoxy) is 1. The first kappa shape index (κ1) is 21.9. The Morgan fingerprint density at radius 1 is 1.15 bits per heavy atom. The number of thioether (sulfide) groups is 1. The minimum Gasteiger partial charge on any atom is -0.375 e. The molecule has 4 aromatic rings. The lowest BCUT2D eigenvalue weighted by molar-refractivity contribution is -0.135. The largest absolute Gasteiger partial charge is 0.375 e. The minimum absolute atomic E-state index is 0.0280. The standard InChI is InChI=1S/C25H23N3O3S2/c1-17-15-27(12-13-31-17)22(29)16-32-25-26-23-20(14-21(33-23)18-8-4-2-5-9-18)24(30)28(25)19-10-6-3-7-11-19/h2-11,14,17H,12-13,15-16H2,1H3. The summed E-state index contributed by atoms with van der Waals surface area (Å²) in [5.41, 5.74) is 1.66. The highest BCUT2D eigenvalue weighted by Crippen LogP contribution is 2.32. The van der Waals surface area contributed by atoms with Crippen LogP contribution in [0, 0.1) is 0 Å². The Kier molecular flexibility index (Phi) is 6.30. The number of para-hydroxylation sites is 1. The zero-order valence-corrected chi connectivity index (χ0v) is 19.8. The van der Waals surface area contributed by atoms with Crippen molar-refractivity contribution in [2.75, 3.05) is 25.4 Å². The number of carbonyl (C=O) groups is 1. The molecule has 1 aliphatic heterocycles. The fourth-order valence-corrected chi connectivity index (χ4v) is 5.86. The fraction of sp³-hybridized carbons (Fsp3) is 0.240. The third-order valence-corrected chi connectivity index (χ3v) is 7.53. The Labute approximate surface area is 199 Å². The monoisotopic (exact) mass is 477 g/mol. The minimum atomic E-state index is -0.125. The van der Waals surface area contributed by atoms with Gasteiger partial charge in [-0.3, -0.25) is 14.2 Å². The van der Waals surface area contributed by atoms with Crippen LogP contribution in [-0.4, -0.2) is 51.9 Å². The van der Waals surface area contributed by atoms with Gasteiger partial charge in [-0.15, -0.1) is 11.3 Å². The second-order valence-electron chi connectivity index (χ2n) is 7.88. The van der Waals surface area contributed by atoms with Crippen LogP contribution >= 0.6 is 23.1 Å². The number of aromatic nitrogens is 2. The molecule has 8 heteroatoms. The summed E-state index contributed by atoms with van der Waals surface area (Å²) in [5, 5.41) is 1.11. The highest BCUT2D eigenvalue weighted by Gasteiger charge is 2.23. The first-order valence-electron chi connectivity index (χ1n) is 10.8. The van der Waals surface area contributed by atoms with Crippen LogP contribution in [0.25, 0.3) is 26.3 Å². The maximum absolute atomic E-state index is 13.6. The van der Waals surface area contributed by atoms with Crippen LogP contribution in [0.4, 0.5) is 0 Å². The van der Waals surface area contributed by atoms with E-state index in [0.717, 1.165) is 16.1 Å². The number of rotatable bonds is 5. The van der Waals surface area contributed by atoms with Crippen LogP contribution in [0.3, 0.4) is 0 Å². The first-order chi connectivity index (χ1) is 16.1. The highest BCUT2D eigenvalue weighted by atomic mass is 32.2. The number of morpholine rings is 1. The van der Waals surface area contributed by atoms with Crippen molar-refractivity contribution in [3.63, 3.8) is 0 Å². The highest BCUT2D eigenvalue weighted by molar-refractivity contribution is 7.99. The van der Waals surface area contributed by atoms with E-state index in [1.807, 2.05) is 78.6 Å². The Hall–Kier alpha value is -2.94. The quantitative estimate of drug-likeness (QED) is 0.314. The van der Waals surface area contributed by atoms with Gasteiger partial charge in [-0.1, -0.05) is 60.3 Å². The van der Waals surface area contributed by atoms with E-state index in [-0.39, 0.29) is 23.3 Å². The molecule has 33 heavy (non-hydrogen) atoms. The molecule has 1 amide bonds. The summed E-state index contributed by atoms with van der Waals surface area (Å²) in [6.45, 7) is 3.69. The van der Waals surface area contributed by atoms with Gasteiger partial charge in [-0.2, -0.15) is 0 Å². The van der Waals surface area contributed by atoms with E-state index in [2.05, 4.69) is 0 Å². The molecule has 0 spiro atoms. The van der Waals surface area contributed by atoms with E-state index in [4.69, 9.17) is 9.72 Å². The molecule has 2 aromatic heterocycles. The van der Waals surface area contributed by atoms with Crippen molar-refractivity contribution in [3.8, 4) is 16.1 Å². The van der Waals surface area contributed by atoms with Crippen LogP contribution in [0.1, 0.15) is 6.92 Å². The lowest BCUT2D eigenvalue weighted by atomic mass is 10.2. The summed E-state index contributed by atoms with van der Waals surface area (Å²) in [6, 6.07) is 21.4. The van der Waals surface area contributed by atoms with Crippen LogP contribution in [0.2, 0.25) is 0 Å². The summed E-state index contributed by atoms with van der Waals surface area (Å²) < 4.78 is 7.16. The summed E-state index contributed by atoms with van der Waals surface area (Å²) in [5.74, 6) is 0.245. The van der Waals surface area contributed by atoms with Crippen LogP contribution < -0.4 is 5.56 Å². The molecular formula is C25H23N3O3S2. The number of benzene rings is 2. The van der Waals surface area contributed by atoms with E-state index < -0.39 is 0 Å². The summed E-state index contributed by atoms with van der Waals surface area (Å²) in [7, 11) is 0. The molecule has 1 saturated heterocycles.